The van der Waals surface area contributed by atoms with Crippen molar-refractivity contribution in [2.24, 2.45) is 0 Å². The van der Waals surface area contributed by atoms with Gasteiger partial charge < -0.3 is 8.85 Å². The van der Waals surface area contributed by atoms with E-state index in [-0.39, 0.29) is 0 Å². The molecule has 136 valence electrons. The van der Waals surface area contributed by atoms with E-state index in [1.54, 1.807) is 0 Å². The molecule has 25 heavy (non-hydrogen) atoms. The standard InChI is InChI=1S/C22H32O2Si/c1-4-17-23-25(24-18-5-2,22-15-11-8-12-16-22)19-20(6-3)21-13-9-7-10-14-21/h7-16,20H,4-6,17-19H2,1-3H3. The van der Waals surface area contributed by atoms with E-state index >= 15 is 0 Å². The van der Waals surface area contributed by atoms with Crippen molar-refractivity contribution < 1.29 is 8.85 Å². The van der Waals surface area contributed by atoms with E-state index < -0.39 is 8.56 Å². The Bertz CT molecular complexity index is 577. The van der Waals surface area contributed by atoms with Gasteiger partial charge in [-0.1, -0.05) is 81.4 Å². The first-order chi connectivity index (χ1) is 12.3. The molecule has 2 rings (SSSR count). The molecule has 0 aliphatic rings. The third-order valence-corrected chi connectivity index (χ3v) is 8.16. The van der Waals surface area contributed by atoms with Crippen LogP contribution >= 0.6 is 0 Å². The van der Waals surface area contributed by atoms with Crippen LogP contribution in [0.25, 0.3) is 0 Å². The summed E-state index contributed by atoms with van der Waals surface area (Å²) in [7, 11) is -2.48. The van der Waals surface area contributed by atoms with E-state index in [0.29, 0.717) is 5.92 Å². The zero-order chi connectivity index (χ0) is 18.0. The largest absolute Gasteiger partial charge is 0.391 e. The van der Waals surface area contributed by atoms with Crippen LogP contribution in [0.15, 0.2) is 60.7 Å². The van der Waals surface area contributed by atoms with Crippen molar-refractivity contribution in [1.29, 1.82) is 0 Å². The monoisotopic (exact) mass is 356 g/mol. The van der Waals surface area contributed by atoms with Gasteiger partial charge in [-0.2, -0.15) is 0 Å². The maximum atomic E-state index is 6.54. The van der Waals surface area contributed by atoms with Gasteiger partial charge in [-0.25, -0.2) is 0 Å². The van der Waals surface area contributed by atoms with Crippen LogP contribution in [-0.2, 0) is 8.85 Å². The zero-order valence-corrected chi connectivity index (χ0v) is 16.9. The fourth-order valence-corrected chi connectivity index (χ4v) is 7.05. The minimum Gasteiger partial charge on any atom is -0.391 e. The first kappa shape index (κ1) is 19.9. The summed E-state index contributed by atoms with van der Waals surface area (Å²) in [4.78, 5) is 0. The van der Waals surface area contributed by atoms with Gasteiger partial charge in [-0.05, 0) is 35.9 Å². The molecule has 2 nitrogen and oxygen atoms in total. The van der Waals surface area contributed by atoms with Gasteiger partial charge in [0.05, 0.1) is 0 Å². The predicted molar refractivity (Wildman–Crippen MR) is 109 cm³/mol. The molecule has 2 aromatic rings. The number of hydrogen-bond donors (Lipinski definition) is 0. The van der Waals surface area contributed by atoms with E-state index in [9.17, 15) is 0 Å². The third-order valence-electron chi connectivity index (χ3n) is 4.57. The molecule has 0 N–H and O–H groups in total. The molecule has 0 aliphatic carbocycles. The van der Waals surface area contributed by atoms with Crippen molar-refractivity contribution in [3.05, 3.63) is 66.2 Å². The topological polar surface area (TPSA) is 18.5 Å². The molecule has 3 heteroatoms. The normalized spacial score (nSPS) is 12.9. The molecule has 0 spiro atoms. The van der Waals surface area contributed by atoms with Crippen LogP contribution in [0.3, 0.4) is 0 Å². The lowest BCUT2D eigenvalue weighted by molar-refractivity contribution is 0.177. The second-order valence-corrected chi connectivity index (χ2v) is 9.60. The summed E-state index contributed by atoms with van der Waals surface area (Å²) in [5, 5.41) is 1.26. The molecule has 0 aliphatic heterocycles. The van der Waals surface area contributed by atoms with Crippen molar-refractivity contribution in [3.63, 3.8) is 0 Å². The maximum absolute atomic E-state index is 6.54. The fourth-order valence-electron chi connectivity index (χ4n) is 3.22. The van der Waals surface area contributed by atoms with Gasteiger partial charge in [-0.3, -0.25) is 0 Å². The van der Waals surface area contributed by atoms with Crippen LogP contribution in [0.2, 0.25) is 6.04 Å². The molecular weight excluding hydrogens is 324 g/mol. The SMILES string of the molecule is CCCO[Si](CC(CC)c1ccccc1)(OCCC)c1ccccc1. The minimum atomic E-state index is -2.48. The Hall–Kier alpha value is -1.42. The minimum absolute atomic E-state index is 0.460. The number of benzene rings is 2. The molecule has 0 aromatic heterocycles. The summed E-state index contributed by atoms with van der Waals surface area (Å²) in [5.41, 5.74) is 1.39. The van der Waals surface area contributed by atoms with Gasteiger partial charge in [0.2, 0.25) is 0 Å². The number of hydrogen-bond acceptors (Lipinski definition) is 2. The molecular formula is C22H32O2Si. The van der Waals surface area contributed by atoms with Gasteiger partial charge in [-0.15, -0.1) is 0 Å². The van der Waals surface area contributed by atoms with Crippen LogP contribution in [-0.4, -0.2) is 21.8 Å². The summed E-state index contributed by atoms with van der Waals surface area (Å²) >= 11 is 0. The lowest BCUT2D eigenvalue weighted by atomic mass is 9.99. The summed E-state index contributed by atoms with van der Waals surface area (Å²) in [6.07, 6.45) is 3.12. The van der Waals surface area contributed by atoms with Crippen molar-refractivity contribution in [2.75, 3.05) is 13.2 Å². The Kier molecular flexibility index (Phi) is 8.39. The van der Waals surface area contributed by atoms with Crippen LogP contribution < -0.4 is 5.19 Å². The predicted octanol–water partition coefficient (Wildman–Crippen LogP) is 5.38. The van der Waals surface area contributed by atoms with Crippen LogP contribution in [0.1, 0.15) is 51.5 Å². The lowest BCUT2D eigenvalue weighted by Gasteiger charge is -2.34. The highest BCUT2D eigenvalue weighted by molar-refractivity contribution is 6.81. The van der Waals surface area contributed by atoms with Gasteiger partial charge in [0.15, 0.2) is 0 Å². The maximum Gasteiger partial charge on any atom is 0.373 e. The highest BCUT2D eigenvalue weighted by atomic mass is 28.4. The van der Waals surface area contributed by atoms with E-state index in [4.69, 9.17) is 8.85 Å². The average Bonchev–Trinajstić information content (AvgIpc) is 2.69. The fraction of sp³-hybridized carbons (Fsp3) is 0.455. The molecule has 0 bridgehead atoms. The second kappa shape index (κ2) is 10.5. The van der Waals surface area contributed by atoms with Crippen molar-refractivity contribution in [3.8, 4) is 0 Å². The Balaban J connectivity index is 2.37. The third kappa shape index (κ3) is 5.53. The van der Waals surface area contributed by atoms with Crippen LogP contribution in [0.4, 0.5) is 0 Å². The summed E-state index contributed by atoms with van der Waals surface area (Å²) < 4.78 is 13.1. The first-order valence-corrected chi connectivity index (χ1v) is 11.7. The molecule has 1 atom stereocenters. The molecule has 0 heterocycles. The van der Waals surface area contributed by atoms with Gasteiger partial charge in [0.1, 0.15) is 0 Å². The van der Waals surface area contributed by atoms with E-state index in [2.05, 4.69) is 81.4 Å². The first-order valence-electron chi connectivity index (χ1n) is 9.64. The molecule has 0 saturated carbocycles. The second-order valence-electron chi connectivity index (χ2n) is 6.54. The Morgan fingerprint density at radius 2 is 1.28 bits per heavy atom. The molecule has 0 radical (unpaired) electrons. The summed E-state index contributed by atoms with van der Waals surface area (Å²) in [6.45, 7) is 8.12. The molecule has 1 unspecified atom stereocenters. The molecule has 0 amide bonds. The Morgan fingerprint density at radius 3 is 1.76 bits per heavy atom. The lowest BCUT2D eigenvalue weighted by Crippen LogP contribution is -2.55. The summed E-state index contributed by atoms with van der Waals surface area (Å²) in [6, 6.07) is 22.4. The highest BCUT2D eigenvalue weighted by Gasteiger charge is 2.42. The zero-order valence-electron chi connectivity index (χ0n) is 15.9. The average molecular weight is 357 g/mol. The van der Waals surface area contributed by atoms with Gasteiger partial charge >= 0.3 is 8.56 Å². The van der Waals surface area contributed by atoms with Crippen LogP contribution in [0.5, 0.6) is 0 Å². The molecule has 0 fully saturated rings. The Labute approximate surface area is 154 Å². The molecule has 2 aromatic carbocycles. The highest BCUT2D eigenvalue weighted by Crippen LogP contribution is 2.31. The Morgan fingerprint density at radius 1 is 0.760 bits per heavy atom. The van der Waals surface area contributed by atoms with E-state index in [1.807, 2.05) is 0 Å². The smallest absolute Gasteiger partial charge is 0.373 e. The van der Waals surface area contributed by atoms with Crippen molar-refractivity contribution in [2.45, 2.75) is 52.0 Å². The van der Waals surface area contributed by atoms with Gasteiger partial charge in [0.25, 0.3) is 0 Å². The van der Waals surface area contributed by atoms with Gasteiger partial charge in [0, 0.05) is 19.3 Å². The molecule has 0 saturated heterocycles. The van der Waals surface area contributed by atoms with Crippen LogP contribution in [0, 0.1) is 0 Å². The van der Waals surface area contributed by atoms with Crippen molar-refractivity contribution in [1.82, 2.24) is 0 Å². The quantitative estimate of drug-likeness (QED) is 0.503. The summed E-state index contributed by atoms with van der Waals surface area (Å²) in [5.74, 6) is 0.460. The number of rotatable bonds is 11. The van der Waals surface area contributed by atoms with E-state index in [1.165, 1.54) is 10.8 Å². The van der Waals surface area contributed by atoms with Crippen molar-refractivity contribution >= 4 is 13.7 Å². The van der Waals surface area contributed by atoms with E-state index in [0.717, 1.165) is 38.5 Å².